The fraction of sp³-hybridized carbons (Fsp3) is 0.0714. The number of amides is 1. The van der Waals surface area contributed by atoms with Gasteiger partial charge in [-0.1, -0.05) is 23.2 Å². The lowest BCUT2D eigenvalue weighted by Gasteiger charge is -2.10. The molecule has 0 fully saturated rings. The van der Waals surface area contributed by atoms with E-state index in [2.05, 4.69) is 10.7 Å². The smallest absolute Gasteiger partial charge is 0.257 e. The van der Waals surface area contributed by atoms with Crippen molar-refractivity contribution in [3.05, 3.63) is 58.6 Å². The molecular weight excluding hydrogens is 262 g/mol. The van der Waals surface area contributed by atoms with Gasteiger partial charge in [-0.2, -0.15) is 0 Å². The number of nitrogen functional groups attached to an aromatic ring is 1. The largest absolute Gasteiger partial charge is 0.323 e. The number of hydrogen-bond acceptors (Lipinski definition) is 3. The highest BCUT2D eigenvalue weighted by Gasteiger charge is 2.11. The predicted molar refractivity (Wildman–Crippen MR) is 78.4 cm³/mol. The molecule has 5 heteroatoms. The Balaban J connectivity index is 2.24. The van der Waals surface area contributed by atoms with Gasteiger partial charge in [0.15, 0.2) is 0 Å². The fourth-order valence-corrected chi connectivity index (χ4v) is 1.83. The molecule has 0 aliphatic rings. The molecule has 19 heavy (non-hydrogen) atoms. The molecule has 0 unspecified atom stereocenters. The molecule has 1 amide bonds. The third kappa shape index (κ3) is 3.24. The molecule has 0 saturated carbocycles. The van der Waals surface area contributed by atoms with Crippen LogP contribution in [0.3, 0.4) is 0 Å². The van der Waals surface area contributed by atoms with Gasteiger partial charge in [-0.15, -0.1) is 0 Å². The van der Waals surface area contributed by atoms with Gasteiger partial charge < -0.3 is 10.7 Å². The summed E-state index contributed by atoms with van der Waals surface area (Å²) in [5, 5.41) is 3.42. The van der Waals surface area contributed by atoms with Gasteiger partial charge in [0.2, 0.25) is 0 Å². The SMILES string of the molecule is Cc1ccc(NN)c(C(=O)Nc2ccc(Cl)cc2)c1. The van der Waals surface area contributed by atoms with Gasteiger partial charge in [-0.05, 0) is 43.3 Å². The Bertz CT molecular complexity index is 596. The van der Waals surface area contributed by atoms with Crippen LogP contribution in [-0.4, -0.2) is 5.91 Å². The number of rotatable bonds is 3. The maximum absolute atomic E-state index is 12.2. The summed E-state index contributed by atoms with van der Waals surface area (Å²) in [5.41, 5.74) is 5.26. The molecule has 0 heterocycles. The fourth-order valence-electron chi connectivity index (χ4n) is 1.70. The minimum atomic E-state index is -0.223. The zero-order valence-electron chi connectivity index (χ0n) is 10.4. The van der Waals surface area contributed by atoms with Crippen LogP contribution in [0.25, 0.3) is 0 Å². The van der Waals surface area contributed by atoms with E-state index in [1.165, 1.54) is 0 Å². The van der Waals surface area contributed by atoms with Crippen molar-refractivity contribution in [2.45, 2.75) is 6.92 Å². The van der Waals surface area contributed by atoms with Crippen molar-refractivity contribution in [1.82, 2.24) is 0 Å². The summed E-state index contributed by atoms with van der Waals surface area (Å²) in [6, 6.07) is 12.4. The van der Waals surface area contributed by atoms with Crippen molar-refractivity contribution in [1.29, 1.82) is 0 Å². The molecule has 0 radical (unpaired) electrons. The molecular formula is C14H14ClN3O. The van der Waals surface area contributed by atoms with Crippen LogP contribution in [0, 0.1) is 6.92 Å². The maximum atomic E-state index is 12.2. The summed E-state index contributed by atoms with van der Waals surface area (Å²) in [6.07, 6.45) is 0. The van der Waals surface area contributed by atoms with E-state index >= 15 is 0 Å². The Kier molecular flexibility index (Phi) is 4.04. The number of anilines is 2. The number of carbonyl (C=O) groups is 1. The zero-order valence-corrected chi connectivity index (χ0v) is 11.2. The third-order valence-corrected chi connectivity index (χ3v) is 2.93. The van der Waals surface area contributed by atoms with E-state index in [0.29, 0.717) is 22.0 Å². The number of benzene rings is 2. The highest BCUT2D eigenvalue weighted by molar-refractivity contribution is 6.30. The number of hydrazine groups is 1. The number of halogens is 1. The van der Waals surface area contributed by atoms with E-state index in [0.717, 1.165) is 5.56 Å². The van der Waals surface area contributed by atoms with E-state index in [4.69, 9.17) is 17.4 Å². The van der Waals surface area contributed by atoms with E-state index < -0.39 is 0 Å². The van der Waals surface area contributed by atoms with E-state index in [1.54, 1.807) is 36.4 Å². The molecule has 0 spiro atoms. The van der Waals surface area contributed by atoms with Gasteiger partial charge in [0.25, 0.3) is 5.91 Å². The molecule has 0 aromatic heterocycles. The summed E-state index contributed by atoms with van der Waals surface area (Å²) in [5.74, 6) is 5.18. The first kappa shape index (κ1) is 13.4. The average molecular weight is 276 g/mol. The summed E-state index contributed by atoms with van der Waals surface area (Å²) >= 11 is 5.79. The zero-order chi connectivity index (χ0) is 13.8. The number of carbonyl (C=O) groups excluding carboxylic acids is 1. The molecule has 0 aliphatic heterocycles. The van der Waals surface area contributed by atoms with E-state index in [9.17, 15) is 4.79 Å². The first-order chi connectivity index (χ1) is 9.10. The quantitative estimate of drug-likeness (QED) is 0.595. The van der Waals surface area contributed by atoms with Crippen molar-refractivity contribution in [3.63, 3.8) is 0 Å². The first-order valence-corrected chi connectivity index (χ1v) is 6.12. The van der Waals surface area contributed by atoms with Gasteiger partial charge in [-0.25, -0.2) is 0 Å². The Labute approximate surface area is 116 Å². The molecule has 4 nitrogen and oxygen atoms in total. The van der Waals surface area contributed by atoms with Gasteiger partial charge in [0.1, 0.15) is 0 Å². The molecule has 98 valence electrons. The van der Waals surface area contributed by atoms with E-state index in [-0.39, 0.29) is 5.91 Å². The molecule has 2 aromatic rings. The summed E-state index contributed by atoms with van der Waals surface area (Å²) in [6.45, 7) is 1.92. The van der Waals surface area contributed by atoms with Crippen LogP contribution in [0.2, 0.25) is 5.02 Å². The van der Waals surface area contributed by atoms with Gasteiger partial charge in [0.05, 0.1) is 11.3 Å². The second-order valence-corrected chi connectivity index (χ2v) is 4.59. The summed E-state index contributed by atoms with van der Waals surface area (Å²) in [4.78, 5) is 12.2. The summed E-state index contributed by atoms with van der Waals surface area (Å²) < 4.78 is 0. The minimum absolute atomic E-state index is 0.223. The number of hydrogen-bond donors (Lipinski definition) is 3. The normalized spacial score (nSPS) is 10.1. The van der Waals surface area contributed by atoms with Crippen LogP contribution < -0.4 is 16.6 Å². The number of nitrogens with one attached hydrogen (secondary N) is 2. The highest BCUT2D eigenvalue weighted by Crippen LogP contribution is 2.19. The van der Waals surface area contributed by atoms with Crippen LogP contribution >= 0.6 is 11.6 Å². The lowest BCUT2D eigenvalue weighted by molar-refractivity contribution is 0.102. The molecule has 0 bridgehead atoms. The lowest BCUT2D eigenvalue weighted by atomic mass is 10.1. The van der Waals surface area contributed by atoms with Crippen molar-refractivity contribution in [3.8, 4) is 0 Å². The molecule has 0 saturated heterocycles. The van der Waals surface area contributed by atoms with Crippen LogP contribution in [0.4, 0.5) is 11.4 Å². The average Bonchev–Trinajstić information content (AvgIpc) is 2.41. The molecule has 4 N–H and O–H groups in total. The van der Waals surface area contributed by atoms with Crippen molar-refractivity contribution in [2.24, 2.45) is 5.84 Å². The standard InChI is InChI=1S/C14H14ClN3O/c1-9-2-7-13(18-16)12(8-9)14(19)17-11-5-3-10(15)4-6-11/h2-8,18H,16H2,1H3,(H,17,19). The lowest BCUT2D eigenvalue weighted by Crippen LogP contribution is -2.17. The third-order valence-electron chi connectivity index (χ3n) is 2.68. The first-order valence-electron chi connectivity index (χ1n) is 5.74. The number of nitrogens with two attached hydrogens (primary N) is 1. The topological polar surface area (TPSA) is 67.1 Å². The predicted octanol–water partition coefficient (Wildman–Crippen LogP) is 3.19. The number of aryl methyl sites for hydroxylation is 1. The van der Waals surface area contributed by atoms with Crippen LogP contribution in [0.1, 0.15) is 15.9 Å². The molecule has 0 atom stereocenters. The monoisotopic (exact) mass is 275 g/mol. The van der Waals surface area contributed by atoms with Crippen molar-refractivity contribution >= 4 is 28.9 Å². The summed E-state index contributed by atoms with van der Waals surface area (Å²) in [7, 11) is 0. The van der Waals surface area contributed by atoms with Crippen LogP contribution in [-0.2, 0) is 0 Å². The Morgan fingerprint density at radius 3 is 2.47 bits per heavy atom. The minimum Gasteiger partial charge on any atom is -0.323 e. The van der Waals surface area contributed by atoms with Crippen LogP contribution in [0.5, 0.6) is 0 Å². The van der Waals surface area contributed by atoms with Crippen LogP contribution in [0.15, 0.2) is 42.5 Å². The van der Waals surface area contributed by atoms with Gasteiger partial charge in [0, 0.05) is 10.7 Å². The maximum Gasteiger partial charge on any atom is 0.257 e. The van der Waals surface area contributed by atoms with E-state index in [1.807, 2.05) is 13.0 Å². The Morgan fingerprint density at radius 1 is 1.16 bits per heavy atom. The second-order valence-electron chi connectivity index (χ2n) is 4.15. The van der Waals surface area contributed by atoms with Crippen molar-refractivity contribution in [2.75, 3.05) is 10.7 Å². The van der Waals surface area contributed by atoms with Gasteiger partial charge in [-0.3, -0.25) is 10.6 Å². The molecule has 2 rings (SSSR count). The Morgan fingerprint density at radius 2 is 1.84 bits per heavy atom. The van der Waals surface area contributed by atoms with Gasteiger partial charge >= 0.3 is 0 Å². The highest BCUT2D eigenvalue weighted by atomic mass is 35.5. The molecule has 2 aromatic carbocycles. The van der Waals surface area contributed by atoms with Crippen molar-refractivity contribution < 1.29 is 4.79 Å². The molecule has 0 aliphatic carbocycles. The Hall–Kier alpha value is -2.04. The second kappa shape index (κ2) is 5.73.